The van der Waals surface area contributed by atoms with Gasteiger partial charge in [-0.1, -0.05) is 48.5 Å². The lowest BCUT2D eigenvalue weighted by molar-refractivity contribution is -0.312. The third-order valence-corrected chi connectivity index (χ3v) is 8.90. The molecule has 1 aliphatic carbocycles. The summed E-state index contributed by atoms with van der Waals surface area (Å²) in [6.07, 6.45) is -3.75. The normalized spacial score (nSPS) is 33.0. The van der Waals surface area contributed by atoms with Crippen molar-refractivity contribution in [2.75, 3.05) is 19.8 Å². The minimum Gasteiger partial charge on any atom is -0.449 e. The number of hydrogen-bond acceptors (Lipinski definition) is 11. The van der Waals surface area contributed by atoms with E-state index in [2.05, 4.69) is 29.6 Å². The van der Waals surface area contributed by atoms with Crippen LogP contribution in [0.1, 0.15) is 58.1 Å². The molecule has 1 N–H and O–H groups in total. The minimum absolute atomic E-state index is 0.0572. The Balaban J connectivity index is 1.04. The average molecular weight is 625 g/mol. The van der Waals surface area contributed by atoms with Crippen molar-refractivity contribution in [1.82, 2.24) is 10.4 Å². The molecule has 7 atom stereocenters. The summed E-state index contributed by atoms with van der Waals surface area (Å²) in [5.74, 6) is -2.16. The van der Waals surface area contributed by atoms with Crippen LogP contribution in [0.2, 0.25) is 0 Å². The lowest BCUT2D eigenvalue weighted by atomic mass is 9.98. The van der Waals surface area contributed by atoms with E-state index in [1.54, 1.807) is 5.06 Å². The topological polar surface area (TPSA) is 123 Å². The van der Waals surface area contributed by atoms with E-state index in [-0.39, 0.29) is 25.2 Å². The van der Waals surface area contributed by atoms with Gasteiger partial charge in [0.15, 0.2) is 17.8 Å². The number of fused-ring (bicyclic) bond motifs is 4. The standard InChI is InChI=1S/C33H40N2O10/c1-18(36)40-26-14-19(15-34-31(37)38-16-24-22-12-8-6-10-20(22)21-11-7-9-13-23(21)24)35(45-26)30-29-28(43-33(4,5)44-29)27(41-30)25-17-39-32(2,3)42-25/h6-13,19,24-30H,14-17H2,1-5H3,(H,34,37)/t19-,25+,26+,27+,28-,29-,30-/m0/s1. The molecule has 4 aliphatic heterocycles. The van der Waals surface area contributed by atoms with Gasteiger partial charge < -0.3 is 38.5 Å². The monoisotopic (exact) mass is 624 g/mol. The molecular formula is C33H40N2O10. The third kappa shape index (κ3) is 5.96. The molecule has 4 heterocycles. The van der Waals surface area contributed by atoms with Gasteiger partial charge in [-0.25, -0.2) is 4.79 Å². The Labute approximate surface area is 262 Å². The number of hydroxylamine groups is 2. The quantitative estimate of drug-likeness (QED) is 0.453. The molecule has 0 radical (unpaired) electrons. The predicted octanol–water partition coefficient (Wildman–Crippen LogP) is 3.82. The fraction of sp³-hybridized carbons (Fsp3) is 0.576. The summed E-state index contributed by atoms with van der Waals surface area (Å²) < 4.78 is 42.2. The Morgan fingerprint density at radius 2 is 1.58 bits per heavy atom. The van der Waals surface area contributed by atoms with Crippen LogP contribution in [0.4, 0.5) is 4.79 Å². The maximum atomic E-state index is 13.0. The Hall–Kier alpha value is -3.10. The van der Waals surface area contributed by atoms with Crippen LogP contribution >= 0.6 is 0 Å². The molecule has 5 aliphatic rings. The highest BCUT2D eigenvalue weighted by atomic mass is 16.8. The fourth-order valence-corrected chi connectivity index (χ4v) is 7.13. The zero-order valence-electron chi connectivity index (χ0n) is 26.1. The van der Waals surface area contributed by atoms with Crippen molar-refractivity contribution in [3.05, 3.63) is 59.7 Å². The van der Waals surface area contributed by atoms with Crippen molar-refractivity contribution in [2.24, 2.45) is 0 Å². The van der Waals surface area contributed by atoms with Gasteiger partial charge in [0.1, 0.15) is 31.0 Å². The summed E-state index contributed by atoms with van der Waals surface area (Å²) in [6, 6.07) is 15.9. The molecule has 4 fully saturated rings. The molecule has 12 heteroatoms. The van der Waals surface area contributed by atoms with E-state index in [0.717, 1.165) is 22.3 Å². The average Bonchev–Trinajstić information content (AvgIpc) is 3.77. The van der Waals surface area contributed by atoms with Gasteiger partial charge in [0.05, 0.1) is 12.6 Å². The molecule has 12 nitrogen and oxygen atoms in total. The van der Waals surface area contributed by atoms with Crippen LogP contribution in [-0.4, -0.2) is 91.4 Å². The number of nitrogens with one attached hydrogen (secondary N) is 1. The summed E-state index contributed by atoms with van der Waals surface area (Å²) >= 11 is 0. The number of rotatable bonds is 7. The Kier molecular flexibility index (Phi) is 7.88. The smallest absolute Gasteiger partial charge is 0.407 e. The first-order chi connectivity index (χ1) is 21.5. The van der Waals surface area contributed by atoms with Crippen molar-refractivity contribution < 1.29 is 47.6 Å². The van der Waals surface area contributed by atoms with Gasteiger partial charge in [0, 0.05) is 25.8 Å². The van der Waals surface area contributed by atoms with Crippen molar-refractivity contribution in [3.63, 3.8) is 0 Å². The Morgan fingerprint density at radius 3 is 2.22 bits per heavy atom. The number of benzene rings is 2. The number of carbonyl (C=O) groups is 2. The van der Waals surface area contributed by atoms with Crippen LogP contribution in [0.15, 0.2) is 48.5 Å². The number of esters is 1. The van der Waals surface area contributed by atoms with E-state index in [0.29, 0.717) is 13.0 Å². The van der Waals surface area contributed by atoms with Gasteiger partial charge in [-0.15, -0.1) is 5.06 Å². The minimum atomic E-state index is -0.866. The number of amides is 1. The number of hydrogen-bond donors (Lipinski definition) is 1. The first-order valence-corrected chi connectivity index (χ1v) is 15.5. The highest BCUT2D eigenvalue weighted by Crippen LogP contribution is 2.46. The molecule has 2 aromatic carbocycles. The first-order valence-electron chi connectivity index (χ1n) is 15.5. The van der Waals surface area contributed by atoms with Crippen molar-refractivity contribution in [3.8, 4) is 11.1 Å². The molecule has 1 amide bonds. The van der Waals surface area contributed by atoms with E-state index in [1.165, 1.54) is 6.92 Å². The number of ether oxygens (including phenoxy) is 7. The Bertz CT molecular complexity index is 1400. The molecule has 0 aromatic heterocycles. The summed E-state index contributed by atoms with van der Waals surface area (Å²) in [7, 11) is 0. The maximum absolute atomic E-state index is 13.0. The van der Waals surface area contributed by atoms with Gasteiger partial charge in [0.25, 0.3) is 0 Å². The SMILES string of the molecule is CC(=O)O[C@H]1C[C@@H](CNC(=O)OCC2c3ccccc3-c3ccccc32)N([C@H]2O[C@H]([C@H]3COC(C)(C)O3)[C@@H]3OC(C)(C)O[C@@H]32)O1. The third-order valence-electron chi connectivity index (χ3n) is 8.90. The van der Waals surface area contributed by atoms with Crippen molar-refractivity contribution >= 4 is 12.1 Å². The number of alkyl carbamates (subject to hydrolysis) is 1. The molecular weight excluding hydrogens is 584 g/mol. The van der Waals surface area contributed by atoms with Crippen LogP contribution in [0.3, 0.4) is 0 Å². The van der Waals surface area contributed by atoms with Crippen LogP contribution in [0, 0.1) is 0 Å². The number of carbonyl (C=O) groups excluding carboxylic acids is 2. The molecule has 7 rings (SSSR count). The zero-order valence-corrected chi connectivity index (χ0v) is 26.1. The van der Waals surface area contributed by atoms with E-state index >= 15 is 0 Å². The lowest BCUT2D eigenvalue weighted by Crippen LogP contribution is -2.49. The molecule has 2 aromatic rings. The van der Waals surface area contributed by atoms with Crippen LogP contribution in [0.5, 0.6) is 0 Å². The second kappa shape index (κ2) is 11.6. The highest BCUT2D eigenvalue weighted by molar-refractivity contribution is 5.79. The van der Waals surface area contributed by atoms with Crippen LogP contribution in [-0.2, 0) is 42.8 Å². The maximum Gasteiger partial charge on any atom is 0.407 e. The van der Waals surface area contributed by atoms with Crippen LogP contribution < -0.4 is 5.32 Å². The van der Waals surface area contributed by atoms with Gasteiger partial charge in [-0.05, 0) is 49.9 Å². The van der Waals surface area contributed by atoms with Gasteiger partial charge in [0.2, 0.25) is 6.29 Å². The molecule has 4 saturated heterocycles. The van der Waals surface area contributed by atoms with Crippen molar-refractivity contribution in [2.45, 2.75) is 102 Å². The number of nitrogens with zero attached hydrogens (tertiary/aromatic N) is 1. The van der Waals surface area contributed by atoms with Gasteiger partial charge in [-0.2, -0.15) is 0 Å². The summed E-state index contributed by atoms with van der Waals surface area (Å²) in [6.45, 7) is 9.39. The van der Waals surface area contributed by atoms with E-state index in [1.807, 2.05) is 52.0 Å². The molecule has 45 heavy (non-hydrogen) atoms. The second-order valence-electron chi connectivity index (χ2n) is 13.0. The molecule has 0 saturated carbocycles. The van der Waals surface area contributed by atoms with Gasteiger partial charge in [-0.3, -0.25) is 9.63 Å². The van der Waals surface area contributed by atoms with Crippen molar-refractivity contribution in [1.29, 1.82) is 0 Å². The van der Waals surface area contributed by atoms with Gasteiger partial charge >= 0.3 is 12.1 Å². The summed E-state index contributed by atoms with van der Waals surface area (Å²) in [5.41, 5.74) is 4.58. The molecule has 0 unspecified atom stereocenters. The van der Waals surface area contributed by atoms with Crippen LogP contribution in [0.25, 0.3) is 11.1 Å². The van der Waals surface area contributed by atoms with E-state index < -0.39 is 60.5 Å². The molecule has 242 valence electrons. The zero-order chi connectivity index (χ0) is 31.5. The predicted molar refractivity (Wildman–Crippen MR) is 157 cm³/mol. The largest absolute Gasteiger partial charge is 0.449 e. The summed E-state index contributed by atoms with van der Waals surface area (Å²) in [5, 5.41) is 4.49. The summed E-state index contributed by atoms with van der Waals surface area (Å²) in [4.78, 5) is 31.0. The Morgan fingerprint density at radius 1 is 0.911 bits per heavy atom. The second-order valence-corrected chi connectivity index (χ2v) is 13.0. The molecule has 0 bridgehead atoms. The lowest BCUT2D eigenvalue weighted by Gasteiger charge is -2.32. The fourth-order valence-electron chi connectivity index (χ4n) is 7.13. The van der Waals surface area contributed by atoms with E-state index in [4.69, 9.17) is 38.0 Å². The van der Waals surface area contributed by atoms with E-state index in [9.17, 15) is 9.59 Å². The highest BCUT2D eigenvalue weighted by Gasteiger charge is 2.62. The molecule has 0 spiro atoms. The first kappa shape index (κ1) is 30.5.